The third-order valence-corrected chi connectivity index (χ3v) is 4.40. The number of aromatic nitrogens is 4. The van der Waals surface area contributed by atoms with E-state index in [0.29, 0.717) is 6.42 Å². The van der Waals surface area contributed by atoms with Crippen LogP contribution in [0.3, 0.4) is 0 Å². The molecule has 3 aromatic rings. The molecule has 2 N–H and O–H groups in total. The molecule has 0 spiro atoms. The van der Waals surface area contributed by atoms with Crippen LogP contribution in [0.2, 0.25) is 0 Å². The van der Waals surface area contributed by atoms with Crippen molar-refractivity contribution in [3.05, 3.63) is 54.7 Å². The van der Waals surface area contributed by atoms with Gasteiger partial charge >= 0.3 is 0 Å². The number of imidazole rings is 1. The highest BCUT2D eigenvalue weighted by Gasteiger charge is 2.05. The highest BCUT2D eigenvalue weighted by molar-refractivity contribution is 5.75. The first-order chi connectivity index (χ1) is 12.8. The molecular formula is C20H25N5O. The van der Waals surface area contributed by atoms with Crippen LogP contribution < -0.4 is 5.32 Å². The predicted molar refractivity (Wildman–Crippen MR) is 102 cm³/mol. The number of aryl methyl sites for hydroxylation is 1. The van der Waals surface area contributed by atoms with E-state index in [1.54, 1.807) is 13.2 Å². The van der Waals surface area contributed by atoms with Gasteiger partial charge < -0.3 is 10.3 Å². The smallest absolute Gasteiger partial charge is 0.219 e. The first-order valence-corrected chi connectivity index (χ1v) is 9.11. The molecule has 0 bridgehead atoms. The number of benzene rings is 1. The Balaban J connectivity index is 1.50. The third kappa shape index (κ3) is 4.81. The maximum absolute atomic E-state index is 11.2. The normalized spacial score (nSPS) is 10.8. The molecule has 1 aromatic carbocycles. The van der Waals surface area contributed by atoms with Gasteiger partial charge in [-0.05, 0) is 31.0 Å². The molecule has 0 fully saturated rings. The van der Waals surface area contributed by atoms with Crippen LogP contribution in [0.25, 0.3) is 16.9 Å². The lowest BCUT2D eigenvalue weighted by atomic mass is 10.1. The van der Waals surface area contributed by atoms with Crippen LogP contribution >= 0.6 is 0 Å². The topological polar surface area (TPSA) is 75.6 Å². The molecule has 2 aromatic heterocycles. The summed E-state index contributed by atoms with van der Waals surface area (Å²) in [5.41, 5.74) is 3.15. The summed E-state index contributed by atoms with van der Waals surface area (Å²) in [6, 6.07) is 10.1. The Kier molecular flexibility index (Phi) is 6.19. The van der Waals surface area contributed by atoms with E-state index >= 15 is 0 Å². The highest BCUT2D eigenvalue weighted by Crippen LogP contribution is 2.20. The van der Waals surface area contributed by atoms with Crippen molar-refractivity contribution in [2.24, 2.45) is 0 Å². The zero-order valence-electron chi connectivity index (χ0n) is 15.1. The van der Waals surface area contributed by atoms with Gasteiger partial charge in [-0.2, -0.15) is 5.10 Å². The number of amides is 1. The van der Waals surface area contributed by atoms with Gasteiger partial charge in [0.25, 0.3) is 0 Å². The second-order valence-electron chi connectivity index (χ2n) is 6.33. The molecule has 0 unspecified atom stereocenters. The van der Waals surface area contributed by atoms with Crippen LogP contribution in [-0.2, 0) is 11.2 Å². The summed E-state index contributed by atoms with van der Waals surface area (Å²) in [5.74, 6) is 1.13. The van der Waals surface area contributed by atoms with Gasteiger partial charge in [-0.15, -0.1) is 0 Å². The molecule has 0 saturated heterocycles. The number of hydrogen-bond donors (Lipinski definition) is 2. The zero-order chi connectivity index (χ0) is 18.2. The molecule has 0 atom stereocenters. The van der Waals surface area contributed by atoms with E-state index in [1.165, 1.54) is 0 Å². The second kappa shape index (κ2) is 8.99. The molecule has 6 nitrogen and oxygen atoms in total. The van der Waals surface area contributed by atoms with E-state index in [9.17, 15) is 4.79 Å². The number of nitrogens with zero attached hydrogens (tertiary/aromatic N) is 3. The summed E-state index contributed by atoms with van der Waals surface area (Å²) >= 11 is 0. The molecule has 0 aliphatic heterocycles. The minimum absolute atomic E-state index is 0.123. The summed E-state index contributed by atoms with van der Waals surface area (Å²) < 4.78 is 1.85. The van der Waals surface area contributed by atoms with E-state index in [2.05, 4.69) is 32.5 Å². The lowest BCUT2D eigenvalue weighted by Crippen LogP contribution is -2.16. The number of aromatic amines is 1. The summed E-state index contributed by atoms with van der Waals surface area (Å²) in [7, 11) is 1.68. The Bertz CT molecular complexity index is 822. The van der Waals surface area contributed by atoms with Crippen molar-refractivity contribution in [1.82, 2.24) is 25.1 Å². The van der Waals surface area contributed by atoms with E-state index in [0.717, 1.165) is 54.9 Å². The summed E-state index contributed by atoms with van der Waals surface area (Å²) in [5, 5.41) is 6.93. The molecule has 3 rings (SSSR count). The van der Waals surface area contributed by atoms with E-state index in [4.69, 9.17) is 0 Å². The van der Waals surface area contributed by atoms with Gasteiger partial charge in [0.05, 0.1) is 17.6 Å². The van der Waals surface area contributed by atoms with Crippen molar-refractivity contribution in [2.75, 3.05) is 7.05 Å². The van der Waals surface area contributed by atoms with Gasteiger partial charge in [-0.1, -0.05) is 25.0 Å². The number of carbonyl (C=O) groups is 1. The van der Waals surface area contributed by atoms with Crippen LogP contribution in [-0.4, -0.2) is 32.7 Å². The third-order valence-electron chi connectivity index (χ3n) is 4.40. The molecule has 26 heavy (non-hydrogen) atoms. The summed E-state index contributed by atoms with van der Waals surface area (Å²) in [6.07, 6.45) is 11.4. The van der Waals surface area contributed by atoms with Crippen LogP contribution in [0, 0.1) is 0 Å². The first kappa shape index (κ1) is 17.9. The minimum Gasteiger partial charge on any atom is -0.359 e. The van der Waals surface area contributed by atoms with Crippen LogP contribution in [0.4, 0.5) is 0 Å². The summed E-state index contributed by atoms with van der Waals surface area (Å²) in [4.78, 5) is 19.1. The maximum Gasteiger partial charge on any atom is 0.219 e. The number of carbonyl (C=O) groups excluding carboxylic acids is 1. The molecule has 6 heteroatoms. The predicted octanol–water partition coefficient (Wildman–Crippen LogP) is 3.50. The molecule has 136 valence electrons. The quantitative estimate of drug-likeness (QED) is 0.579. The number of unbranched alkanes of at least 4 members (excludes halogenated alkanes) is 3. The van der Waals surface area contributed by atoms with Gasteiger partial charge in [0, 0.05) is 37.8 Å². The van der Waals surface area contributed by atoms with Crippen LogP contribution in [0.15, 0.2) is 48.9 Å². The average Bonchev–Trinajstić information content (AvgIpc) is 3.36. The largest absolute Gasteiger partial charge is 0.359 e. The molecule has 0 aliphatic rings. The van der Waals surface area contributed by atoms with Crippen LogP contribution in [0.1, 0.15) is 37.9 Å². The fourth-order valence-electron chi connectivity index (χ4n) is 2.93. The molecule has 2 heterocycles. The second-order valence-corrected chi connectivity index (χ2v) is 6.33. The Morgan fingerprint density at radius 3 is 2.88 bits per heavy atom. The van der Waals surface area contributed by atoms with E-state index in [1.807, 2.05) is 35.3 Å². The standard InChI is InChI=1S/C20H25N5O/c1-21-20(26)11-5-3-2-4-10-19-22-15-18(24-19)16-8-6-9-17(14-16)25-13-7-12-23-25/h6-9,12-15H,2-5,10-11H2,1H3,(H,21,26)(H,22,24). The van der Waals surface area contributed by atoms with E-state index in [-0.39, 0.29) is 5.91 Å². The minimum atomic E-state index is 0.123. The van der Waals surface area contributed by atoms with E-state index < -0.39 is 0 Å². The van der Waals surface area contributed by atoms with Gasteiger partial charge in [-0.3, -0.25) is 4.79 Å². The SMILES string of the molecule is CNC(=O)CCCCCCc1ncc(-c2cccc(-n3cccn3)c2)[nH]1. The average molecular weight is 351 g/mol. The Labute approximate surface area is 153 Å². The van der Waals surface area contributed by atoms with Gasteiger partial charge in [0.2, 0.25) is 5.91 Å². The molecular weight excluding hydrogens is 326 g/mol. The van der Waals surface area contributed by atoms with Crippen molar-refractivity contribution >= 4 is 5.91 Å². The van der Waals surface area contributed by atoms with Crippen molar-refractivity contribution in [3.63, 3.8) is 0 Å². The molecule has 0 saturated carbocycles. The monoisotopic (exact) mass is 351 g/mol. The Morgan fingerprint density at radius 1 is 1.19 bits per heavy atom. The fourth-order valence-corrected chi connectivity index (χ4v) is 2.93. The molecule has 1 amide bonds. The van der Waals surface area contributed by atoms with Crippen molar-refractivity contribution < 1.29 is 4.79 Å². The fraction of sp³-hybridized carbons (Fsp3) is 0.350. The lowest BCUT2D eigenvalue weighted by molar-refractivity contribution is -0.120. The number of H-pyrrole nitrogens is 1. The van der Waals surface area contributed by atoms with Crippen molar-refractivity contribution in [2.45, 2.75) is 38.5 Å². The van der Waals surface area contributed by atoms with Gasteiger partial charge in [0.1, 0.15) is 5.82 Å². The number of nitrogens with one attached hydrogen (secondary N) is 2. The molecule has 0 radical (unpaired) electrons. The zero-order valence-corrected chi connectivity index (χ0v) is 15.1. The van der Waals surface area contributed by atoms with Crippen molar-refractivity contribution in [1.29, 1.82) is 0 Å². The maximum atomic E-state index is 11.2. The van der Waals surface area contributed by atoms with Crippen molar-refractivity contribution in [3.8, 4) is 16.9 Å². The number of rotatable bonds is 9. The summed E-state index contributed by atoms with van der Waals surface area (Å²) in [6.45, 7) is 0. The highest BCUT2D eigenvalue weighted by atomic mass is 16.1. The Hall–Kier alpha value is -2.89. The molecule has 0 aliphatic carbocycles. The van der Waals surface area contributed by atoms with Crippen LogP contribution in [0.5, 0.6) is 0 Å². The lowest BCUT2D eigenvalue weighted by Gasteiger charge is -2.04. The Morgan fingerprint density at radius 2 is 2.08 bits per heavy atom. The first-order valence-electron chi connectivity index (χ1n) is 9.11. The number of hydrogen-bond acceptors (Lipinski definition) is 3. The van der Waals surface area contributed by atoms with Gasteiger partial charge in [0.15, 0.2) is 0 Å². The van der Waals surface area contributed by atoms with Gasteiger partial charge in [-0.25, -0.2) is 9.67 Å².